The summed E-state index contributed by atoms with van der Waals surface area (Å²) in [5.41, 5.74) is 1.79. The van der Waals surface area contributed by atoms with Crippen molar-refractivity contribution in [1.82, 2.24) is 4.72 Å². The molecule has 0 bridgehead atoms. The summed E-state index contributed by atoms with van der Waals surface area (Å²) in [6, 6.07) is 14.8. The van der Waals surface area contributed by atoms with E-state index in [0.29, 0.717) is 24.5 Å². The number of benzene rings is 2. The molecular formula is C16H18N2O3S. The van der Waals surface area contributed by atoms with Crippen molar-refractivity contribution in [3.8, 4) is 5.75 Å². The van der Waals surface area contributed by atoms with E-state index in [1.165, 1.54) is 0 Å². The predicted octanol–water partition coefficient (Wildman–Crippen LogP) is 2.53. The van der Waals surface area contributed by atoms with Crippen molar-refractivity contribution in [2.45, 2.75) is 17.9 Å². The second-order valence-corrected chi connectivity index (χ2v) is 6.82. The van der Waals surface area contributed by atoms with Gasteiger partial charge in [0, 0.05) is 6.54 Å². The first-order valence-electron chi connectivity index (χ1n) is 7.19. The maximum atomic E-state index is 12.0. The van der Waals surface area contributed by atoms with Gasteiger partial charge in [0.25, 0.3) is 0 Å². The van der Waals surface area contributed by atoms with Crippen molar-refractivity contribution in [3.05, 3.63) is 54.1 Å². The molecule has 0 aliphatic carbocycles. The lowest BCUT2D eigenvalue weighted by molar-refractivity contribution is 0.210. The van der Waals surface area contributed by atoms with Crippen LogP contribution in [0.5, 0.6) is 5.75 Å². The molecule has 0 radical (unpaired) electrons. The van der Waals surface area contributed by atoms with E-state index in [2.05, 4.69) is 10.0 Å². The van der Waals surface area contributed by atoms with Gasteiger partial charge in [-0.05, 0) is 23.8 Å². The molecule has 6 heteroatoms. The first kappa shape index (κ1) is 14.9. The second-order valence-electron chi connectivity index (χ2n) is 5.06. The molecule has 2 aromatic carbocycles. The van der Waals surface area contributed by atoms with Gasteiger partial charge in [0.15, 0.2) is 0 Å². The minimum Gasteiger partial charge on any atom is -0.482 e. The molecule has 3 rings (SSSR count). The lowest BCUT2D eigenvalue weighted by atomic mass is 10.1. The van der Waals surface area contributed by atoms with Crippen LogP contribution in [0.1, 0.15) is 18.6 Å². The van der Waals surface area contributed by atoms with Crippen LogP contribution in [0.25, 0.3) is 0 Å². The highest BCUT2D eigenvalue weighted by Crippen LogP contribution is 2.35. The quantitative estimate of drug-likeness (QED) is 0.909. The molecule has 0 aromatic heterocycles. The van der Waals surface area contributed by atoms with Crippen molar-refractivity contribution >= 4 is 15.7 Å². The molecule has 0 amide bonds. The summed E-state index contributed by atoms with van der Waals surface area (Å²) in [5.74, 6) is 0.663. The van der Waals surface area contributed by atoms with Crippen molar-refractivity contribution in [2.75, 3.05) is 18.4 Å². The summed E-state index contributed by atoms with van der Waals surface area (Å²) >= 11 is 0. The normalized spacial score (nSPS) is 17.2. The van der Waals surface area contributed by atoms with Crippen LogP contribution < -0.4 is 14.8 Å². The molecule has 0 saturated heterocycles. The van der Waals surface area contributed by atoms with E-state index in [1.807, 2.05) is 30.3 Å². The van der Waals surface area contributed by atoms with Gasteiger partial charge >= 0.3 is 0 Å². The fourth-order valence-electron chi connectivity index (χ4n) is 2.44. The summed E-state index contributed by atoms with van der Waals surface area (Å²) in [6.45, 7) is 2.71. The van der Waals surface area contributed by atoms with Crippen molar-refractivity contribution in [1.29, 1.82) is 0 Å². The number of hydrogen-bond acceptors (Lipinski definition) is 4. The van der Waals surface area contributed by atoms with Crippen LogP contribution in [0.2, 0.25) is 0 Å². The van der Waals surface area contributed by atoms with Gasteiger partial charge in [-0.3, -0.25) is 0 Å². The fraction of sp³-hybridized carbons (Fsp3) is 0.250. The zero-order valence-electron chi connectivity index (χ0n) is 12.2. The number of hydrogen-bond donors (Lipinski definition) is 2. The number of rotatable bonds is 4. The lowest BCUT2D eigenvalue weighted by Crippen LogP contribution is -2.25. The molecule has 1 aliphatic heterocycles. The third-order valence-corrected chi connectivity index (χ3v) is 5.06. The second kappa shape index (κ2) is 5.98. The minimum atomic E-state index is -3.46. The highest BCUT2D eigenvalue weighted by molar-refractivity contribution is 7.89. The molecule has 0 spiro atoms. The van der Waals surface area contributed by atoms with Crippen LogP contribution in [0.15, 0.2) is 53.4 Å². The Labute approximate surface area is 130 Å². The first-order chi connectivity index (χ1) is 10.6. The van der Waals surface area contributed by atoms with Gasteiger partial charge in [0.05, 0.1) is 17.1 Å². The van der Waals surface area contributed by atoms with Gasteiger partial charge in [-0.15, -0.1) is 0 Å². The molecule has 5 nitrogen and oxygen atoms in total. The average Bonchev–Trinajstić information content (AvgIpc) is 2.54. The highest BCUT2D eigenvalue weighted by Gasteiger charge is 2.23. The molecule has 2 N–H and O–H groups in total. The number of nitrogens with one attached hydrogen (secondary N) is 2. The molecule has 0 saturated carbocycles. The molecule has 1 atom stereocenters. The number of fused-ring (bicyclic) bond motifs is 1. The van der Waals surface area contributed by atoms with Gasteiger partial charge in [-0.1, -0.05) is 37.3 Å². The topological polar surface area (TPSA) is 67.4 Å². The summed E-state index contributed by atoms with van der Waals surface area (Å²) in [4.78, 5) is 0.238. The van der Waals surface area contributed by atoms with E-state index >= 15 is 0 Å². The zero-order valence-corrected chi connectivity index (χ0v) is 13.1. The molecule has 2 aromatic rings. The minimum absolute atomic E-state index is 0.0788. The van der Waals surface area contributed by atoms with Crippen LogP contribution in [0, 0.1) is 0 Å². The van der Waals surface area contributed by atoms with E-state index in [-0.39, 0.29) is 11.0 Å². The Kier molecular flexibility index (Phi) is 4.04. The van der Waals surface area contributed by atoms with Gasteiger partial charge < -0.3 is 10.1 Å². The van der Waals surface area contributed by atoms with E-state index in [9.17, 15) is 8.42 Å². The van der Waals surface area contributed by atoms with Crippen molar-refractivity contribution < 1.29 is 13.2 Å². The zero-order chi connectivity index (χ0) is 15.6. The van der Waals surface area contributed by atoms with Crippen molar-refractivity contribution in [3.63, 3.8) is 0 Å². The summed E-state index contributed by atoms with van der Waals surface area (Å²) in [7, 11) is -3.46. The number of anilines is 1. The monoisotopic (exact) mass is 318 g/mol. The van der Waals surface area contributed by atoms with Crippen LogP contribution in [0.4, 0.5) is 5.69 Å². The molecule has 22 heavy (non-hydrogen) atoms. The van der Waals surface area contributed by atoms with Gasteiger partial charge in [-0.25, -0.2) is 13.1 Å². The third-order valence-electron chi connectivity index (χ3n) is 3.51. The Morgan fingerprint density at radius 3 is 2.73 bits per heavy atom. The SMILES string of the molecule is CCNS(=O)(=O)c1ccc2c(c1)NCC(c1ccccc1)O2. The number of sulfonamides is 1. The third kappa shape index (κ3) is 2.93. The first-order valence-corrected chi connectivity index (χ1v) is 8.67. The van der Waals surface area contributed by atoms with Gasteiger partial charge in [-0.2, -0.15) is 0 Å². The maximum Gasteiger partial charge on any atom is 0.240 e. The molecule has 1 aliphatic rings. The van der Waals surface area contributed by atoms with E-state index in [0.717, 1.165) is 5.56 Å². The van der Waals surface area contributed by atoms with E-state index in [4.69, 9.17) is 4.74 Å². The fourth-order valence-corrected chi connectivity index (χ4v) is 3.51. The van der Waals surface area contributed by atoms with Crippen LogP contribution in [-0.4, -0.2) is 21.5 Å². The smallest absolute Gasteiger partial charge is 0.240 e. The van der Waals surface area contributed by atoms with Crippen molar-refractivity contribution in [2.24, 2.45) is 0 Å². The van der Waals surface area contributed by atoms with Crippen LogP contribution in [0.3, 0.4) is 0 Å². The highest BCUT2D eigenvalue weighted by atomic mass is 32.2. The average molecular weight is 318 g/mol. The summed E-state index contributed by atoms with van der Waals surface area (Å²) in [6.07, 6.45) is -0.0788. The van der Waals surface area contributed by atoms with Gasteiger partial charge in [0.1, 0.15) is 11.9 Å². The van der Waals surface area contributed by atoms with E-state index < -0.39 is 10.0 Å². The lowest BCUT2D eigenvalue weighted by Gasteiger charge is -2.28. The van der Waals surface area contributed by atoms with Crippen LogP contribution in [-0.2, 0) is 10.0 Å². The molecular weight excluding hydrogens is 300 g/mol. The molecule has 1 heterocycles. The standard InChI is InChI=1S/C16H18N2O3S/c1-2-18-22(19,20)13-8-9-15-14(10-13)17-11-16(21-15)12-6-4-3-5-7-12/h3-10,16-18H,2,11H2,1H3. The molecule has 1 unspecified atom stereocenters. The Hall–Kier alpha value is -2.05. The molecule has 116 valence electrons. The Morgan fingerprint density at radius 2 is 2.00 bits per heavy atom. The molecule has 0 fully saturated rings. The van der Waals surface area contributed by atoms with Crippen LogP contribution >= 0.6 is 0 Å². The van der Waals surface area contributed by atoms with E-state index in [1.54, 1.807) is 25.1 Å². The maximum absolute atomic E-state index is 12.0. The van der Waals surface area contributed by atoms with Gasteiger partial charge in [0.2, 0.25) is 10.0 Å². The largest absolute Gasteiger partial charge is 0.482 e. The predicted molar refractivity (Wildman–Crippen MR) is 85.6 cm³/mol. The number of ether oxygens (including phenoxy) is 1. The summed E-state index contributed by atoms with van der Waals surface area (Å²) < 4.78 is 32.5. The Balaban J connectivity index is 1.86. The Morgan fingerprint density at radius 1 is 1.23 bits per heavy atom. The summed E-state index contributed by atoms with van der Waals surface area (Å²) in [5, 5.41) is 3.25. The Bertz CT molecular complexity index is 760.